The van der Waals surface area contributed by atoms with Crippen molar-refractivity contribution >= 4 is 43.2 Å². The summed E-state index contributed by atoms with van der Waals surface area (Å²) in [4.78, 5) is 17.9. The van der Waals surface area contributed by atoms with Gasteiger partial charge in [0.1, 0.15) is 5.54 Å². The first kappa shape index (κ1) is 23.1. The predicted octanol–water partition coefficient (Wildman–Crippen LogP) is 5.91. The normalized spacial score (nSPS) is 13.1. The molecule has 0 aliphatic rings. The largest absolute Gasteiger partial charge is 0.388 e. The molecule has 0 aliphatic carbocycles. The average molecular weight is 437 g/mol. The molecule has 2 aromatic carbocycles. The molecule has 0 amide bonds. The van der Waals surface area contributed by atoms with Crippen molar-refractivity contribution in [3.8, 4) is 0 Å². The van der Waals surface area contributed by atoms with Crippen LogP contribution < -0.4 is 10.7 Å². The first-order chi connectivity index (χ1) is 14.5. The maximum absolute atomic E-state index is 13.0. The molecule has 1 N–H and O–H groups in total. The lowest BCUT2D eigenvalue weighted by molar-refractivity contribution is -0.638. The van der Waals surface area contributed by atoms with Crippen molar-refractivity contribution in [2.45, 2.75) is 73.0 Å². The summed E-state index contributed by atoms with van der Waals surface area (Å²) < 4.78 is 4.38. The van der Waals surface area contributed by atoms with Gasteiger partial charge in [0.2, 0.25) is 0 Å². The highest BCUT2D eigenvalue weighted by atomic mass is 32.1. The van der Waals surface area contributed by atoms with Crippen molar-refractivity contribution in [3.05, 3.63) is 58.3 Å². The smallest absolute Gasteiger partial charge is 0.289 e. The molecule has 0 spiro atoms. The molecule has 5 heteroatoms. The second kappa shape index (κ2) is 8.91. The topological polar surface area (TPSA) is 44.5 Å². The predicted molar refractivity (Wildman–Crippen MR) is 136 cm³/mol. The molecule has 1 heterocycles. The Morgan fingerprint density at radius 2 is 1.65 bits per heavy atom. The third-order valence-corrected chi connectivity index (χ3v) is 6.51. The van der Waals surface area contributed by atoms with Gasteiger partial charge in [0.25, 0.3) is 0 Å². The van der Waals surface area contributed by atoms with E-state index in [-0.39, 0.29) is 23.1 Å². The molecule has 0 saturated carbocycles. The van der Waals surface area contributed by atoms with Gasteiger partial charge in [-0.05, 0) is 85.2 Å². The van der Waals surface area contributed by atoms with Crippen molar-refractivity contribution < 1.29 is 4.58 Å². The molecular weight excluding hydrogens is 402 g/mol. The lowest BCUT2D eigenvalue weighted by Crippen LogP contribution is -2.47. The van der Waals surface area contributed by atoms with Crippen LogP contribution in [0.5, 0.6) is 0 Å². The van der Waals surface area contributed by atoms with Gasteiger partial charge in [-0.1, -0.05) is 23.2 Å². The van der Waals surface area contributed by atoms with Crippen LogP contribution in [0.3, 0.4) is 0 Å². The van der Waals surface area contributed by atoms with E-state index in [1.54, 1.807) is 11.3 Å². The Balaban J connectivity index is 2.26. The Hall–Kier alpha value is -2.53. The molecule has 0 atom stereocenters. The van der Waals surface area contributed by atoms with Gasteiger partial charge in [0.15, 0.2) is 5.43 Å². The van der Waals surface area contributed by atoms with E-state index in [1.165, 1.54) is 0 Å². The summed E-state index contributed by atoms with van der Waals surface area (Å²) in [5, 5.41) is 5.12. The van der Waals surface area contributed by atoms with Crippen molar-refractivity contribution in [1.29, 1.82) is 0 Å². The molecule has 3 aromatic rings. The first-order valence-corrected chi connectivity index (χ1v) is 11.7. The van der Waals surface area contributed by atoms with Gasteiger partial charge in [-0.3, -0.25) is 14.7 Å². The lowest BCUT2D eigenvalue weighted by Gasteiger charge is -2.32. The third-order valence-electron chi connectivity index (χ3n) is 5.38. The van der Waals surface area contributed by atoms with Crippen LogP contribution in [0.2, 0.25) is 0 Å². The second-order valence-corrected chi connectivity index (χ2v) is 10.4. The van der Waals surface area contributed by atoms with Crippen molar-refractivity contribution in [2.75, 3.05) is 0 Å². The molecule has 1 aromatic heterocycles. The Morgan fingerprint density at radius 3 is 2.26 bits per heavy atom. The minimum atomic E-state index is -0.333. The zero-order valence-electron chi connectivity index (χ0n) is 19.9. The molecule has 0 bridgehead atoms. The van der Waals surface area contributed by atoms with Gasteiger partial charge >= 0.3 is 5.96 Å². The Labute approximate surface area is 189 Å². The van der Waals surface area contributed by atoms with Gasteiger partial charge in [0.05, 0.1) is 17.8 Å². The summed E-state index contributed by atoms with van der Waals surface area (Å²) in [7, 11) is 0. The molecule has 0 fully saturated rings. The van der Waals surface area contributed by atoms with Crippen LogP contribution in [0.1, 0.15) is 61.0 Å². The van der Waals surface area contributed by atoms with Crippen LogP contribution in [0, 0.1) is 0 Å². The Morgan fingerprint density at radius 1 is 1.00 bits per heavy atom. The van der Waals surface area contributed by atoms with E-state index in [0.717, 1.165) is 37.4 Å². The molecule has 4 nitrogen and oxygen atoms in total. The van der Waals surface area contributed by atoms with Gasteiger partial charge in [-0.15, -0.1) is 11.3 Å². The summed E-state index contributed by atoms with van der Waals surface area (Å²) in [6, 6.07) is 14.6. The van der Waals surface area contributed by atoms with Crippen LogP contribution >= 0.6 is 11.3 Å². The average Bonchev–Trinajstić information content (AvgIpc) is 2.66. The number of hydrogen-bond donors (Lipinski definition) is 1. The van der Waals surface area contributed by atoms with Gasteiger partial charge in [-0.25, -0.2) is 0 Å². The molecular formula is C26H34N3OS+. The van der Waals surface area contributed by atoms with Crippen molar-refractivity contribution in [3.63, 3.8) is 0 Å². The monoisotopic (exact) mass is 436 g/mol. The minimum absolute atomic E-state index is 0.106. The molecule has 3 rings (SSSR count). The van der Waals surface area contributed by atoms with Gasteiger partial charge in [0, 0.05) is 20.2 Å². The van der Waals surface area contributed by atoms with Crippen LogP contribution in [-0.2, 0) is 5.54 Å². The van der Waals surface area contributed by atoms with E-state index in [4.69, 9.17) is 4.99 Å². The van der Waals surface area contributed by atoms with Crippen LogP contribution in [0.4, 0.5) is 0 Å². The second-order valence-electron chi connectivity index (χ2n) is 9.34. The number of rotatable bonds is 4. The van der Waals surface area contributed by atoms with E-state index in [9.17, 15) is 4.79 Å². The molecule has 0 radical (unpaired) electrons. The fourth-order valence-corrected chi connectivity index (χ4v) is 5.21. The van der Waals surface area contributed by atoms with Crippen LogP contribution in [0.25, 0.3) is 20.2 Å². The molecule has 0 saturated heterocycles. The standard InChI is InChI=1S/C26H33N3OS/c1-16(2)27-25(28-17(3)4)29(18(5)6)26(7,8)19-13-14-21-23(15-19)31-22-12-10-9-11-20(22)24(21)30/h9-16,18H,1-8H3/p+1. The summed E-state index contributed by atoms with van der Waals surface area (Å²) in [6.45, 7) is 17.1. The number of guanidine groups is 1. The van der Waals surface area contributed by atoms with E-state index in [2.05, 4.69) is 63.6 Å². The summed E-state index contributed by atoms with van der Waals surface area (Å²) in [6.07, 6.45) is 0. The maximum atomic E-state index is 13.0. The summed E-state index contributed by atoms with van der Waals surface area (Å²) >= 11 is 1.68. The number of benzene rings is 2. The quantitative estimate of drug-likeness (QED) is 0.239. The minimum Gasteiger partial charge on any atom is -0.289 e. The van der Waals surface area contributed by atoms with Gasteiger partial charge < -0.3 is 0 Å². The van der Waals surface area contributed by atoms with Crippen LogP contribution in [0.15, 0.2) is 52.3 Å². The SMILES string of the molecule is CC(C)=NC(NC(C)C)=[N+](C(C)C)C(C)(C)c1ccc2c(=O)c3ccccc3sc2c1. The first-order valence-electron chi connectivity index (χ1n) is 10.9. The fraction of sp³-hybridized carbons (Fsp3) is 0.423. The molecule has 164 valence electrons. The zero-order chi connectivity index (χ0) is 22.9. The molecule has 0 unspecified atom stereocenters. The van der Waals surface area contributed by atoms with Crippen molar-refractivity contribution in [2.24, 2.45) is 4.99 Å². The highest BCUT2D eigenvalue weighted by Gasteiger charge is 2.34. The summed E-state index contributed by atoms with van der Waals surface area (Å²) in [5.41, 5.74) is 1.94. The van der Waals surface area contributed by atoms with Gasteiger partial charge in [-0.2, -0.15) is 0 Å². The van der Waals surface area contributed by atoms with E-state index in [0.29, 0.717) is 0 Å². The number of fused-ring (bicyclic) bond motifs is 2. The van der Waals surface area contributed by atoms with E-state index < -0.39 is 0 Å². The molecule has 0 aliphatic heterocycles. The van der Waals surface area contributed by atoms with E-state index >= 15 is 0 Å². The number of hydrogen-bond acceptors (Lipinski definition) is 2. The number of nitrogens with one attached hydrogen (secondary N) is 1. The maximum Gasteiger partial charge on any atom is 0.388 e. The highest BCUT2D eigenvalue weighted by Crippen LogP contribution is 2.32. The Bertz CT molecular complexity index is 1230. The third kappa shape index (κ3) is 4.72. The van der Waals surface area contributed by atoms with E-state index in [1.807, 2.05) is 44.2 Å². The zero-order valence-corrected chi connectivity index (χ0v) is 20.7. The highest BCUT2D eigenvalue weighted by molar-refractivity contribution is 7.24. The summed E-state index contributed by atoms with van der Waals surface area (Å²) in [5.74, 6) is 0.877. The molecule has 31 heavy (non-hydrogen) atoms. The van der Waals surface area contributed by atoms with Crippen LogP contribution in [-0.4, -0.2) is 28.3 Å². The van der Waals surface area contributed by atoms with Crippen molar-refractivity contribution in [1.82, 2.24) is 5.32 Å². The lowest BCUT2D eigenvalue weighted by atomic mass is 9.91. The number of nitrogens with zero attached hydrogens (tertiary/aromatic N) is 2. The Kier molecular flexibility index (Phi) is 6.65. The number of aliphatic imine (C=N–C) groups is 1. The fourth-order valence-electron chi connectivity index (χ4n) is 4.10.